The van der Waals surface area contributed by atoms with Gasteiger partial charge in [0.05, 0.1) is 11.0 Å². The molecule has 3 heterocycles. The molecule has 1 fully saturated rings. The van der Waals surface area contributed by atoms with Gasteiger partial charge >= 0.3 is 0 Å². The van der Waals surface area contributed by atoms with Gasteiger partial charge in [0.1, 0.15) is 12.4 Å². The number of hydrogen-bond acceptors (Lipinski definition) is 4. The highest BCUT2D eigenvalue weighted by molar-refractivity contribution is 5.82. The summed E-state index contributed by atoms with van der Waals surface area (Å²) in [5, 5.41) is 8.33. The molecule has 1 amide bonds. The third-order valence-corrected chi connectivity index (χ3v) is 5.06. The zero-order valence-corrected chi connectivity index (χ0v) is 15.0. The lowest BCUT2D eigenvalue weighted by Gasteiger charge is -2.27. The van der Waals surface area contributed by atoms with E-state index in [-0.39, 0.29) is 18.0 Å². The van der Waals surface area contributed by atoms with Crippen LogP contribution < -0.4 is 5.56 Å². The summed E-state index contributed by atoms with van der Waals surface area (Å²) >= 11 is 0. The lowest BCUT2D eigenvalue weighted by atomic mass is 10.1. The van der Waals surface area contributed by atoms with Crippen LogP contribution in [0.3, 0.4) is 0 Å². The summed E-state index contributed by atoms with van der Waals surface area (Å²) in [6.45, 7) is 3.67. The second-order valence-electron chi connectivity index (χ2n) is 6.85. The maximum absolute atomic E-state index is 13.0. The van der Waals surface area contributed by atoms with Gasteiger partial charge in [-0.25, -0.2) is 0 Å². The molecular weight excluding hydrogens is 330 g/mol. The summed E-state index contributed by atoms with van der Waals surface area (Å²) in [5.74, 6) is 0.778. The van der Waals surface area contributed by atoms with E-state index >= 15 is 0 Å². The summed E-state index contributed by atoms with van der Waals surface area (Å²) in [5.41, 5.74) is 1.64. The van der Waals surface area contributed by atoms with Crippen molar-refractivity contribution < 1.29 is 4.79 Å². The normalized spacial score (nSPS) is 15.0. The number of fused-ring (bicyclic) bond motifs is 3. The molecule has 0 saturated carbocycles. The minimum atomic E-state index is -0.260. The summed E-state index contributed by atoms with van der Waals surface area (Å²) in [7, 11) is 0. The minimum absolute atomic E-state index is 0.00500. The number of nitrogens with zero attached hydrogens (tertiary/aromatic N) is 5. The Bertz CT molecular complexity index is 1010. The van der Waals surface area contributed by atoms with Crippen LogP contribution >= 0.6 is 0 Å². The molecule has 0 radical (unpaired) electrons. The van der Waals surface area contributed by atoms with Gasteiger partial charge < -0.3 is 4.90 Å². The van der Waals surface area contributed by atoms with Crippen LogP contribution in [0.5, 0.6) is 0 Å². The fourth-order valence-corrected chi connectivity index (χ4v) is 3.74. The topological polar surface area (TPSA) is 72.5 Å². The molecule has 0 unspecified atom stereocenters. The summed E-state index contributed by atoms with van der Waals surface area (Å²) in [6, 6.07) is 7.65. The molecule has 2 aromatic heterocycles. The van der Waals surface area contributed by atoms with Crippen molar-refractivity contribution in [2.45, 2.75) is 45.6 Å². The Labute approximate surface area is 151 Å². The number of benzene rings is 1. The smallest absolute Gasteiger partial charge is 0.297 e. The second kappa shape index (κ2) is 6.90. The highest BCUT2D eigenvalue weighted by Crippen LogP contribution is 2.17. The van der Waals surface area contributed by atoms with Crippen molar-refractivity contribution in [2.24, 2.45) is 0 Å². The Morgan fingerprint density at radius 3 is 2.54 bits per heavy atom. The molecule has 1 aromatic carbocycles. The van der Waals surface area contributed by atoms with E-state index in [9.17, 15) is 9.59 Å². The fourth-order valence-electron chi connectivity index (χ4n) is 3.74. The molecule has 3 aromatic rings. The van der Waals surface area contributed by atoms with E-state index in [4.69, 9.17) is 0 Å². The first-order valence-electron chi connectivity index (χ1n) is 9.34. The average molecular weight is 353 g/mol. The Kier molecular flexibility index (Phi) is 4.44. The van der Waals surface area contributed by atoms with E-state index < -0.39 is 0 Å². The number of carbonyl (C=O) groups is 1. The number of aromatic nitrogens is 4. The average Bonchev–Trinajstić information content (AvgIpc) is 3.10. The lowest BCUT2D eigenvalue weighted by Crippen LogP contribution is -2.40. The Morgan fingerprint density at radius 1 is 1.08 bits per heavy atom. The van der Waals surface area contributed by atoms with Crippen molar-refractivity contribution in [1.82, 2.24) is 24.1 Å². The molecule has 26 heavy (non-hydrogen) atoms. The molecule has 0 bridgehead atoms. The number of carbonyl (C=O) groups excluding carboxylic acids is 1. The molecule has 0 spiro atoms. The van der Waals surface area contributed by atoms with Crippen LogP contribution in [0, 0.1) is 0 Å². The molecule has 7 heteroatoms. The van der Waals surface area contributed by atoms with Crippen molar-refractivity contribution in [3.8, 4) is 0 Å². The molecule has 1 aliphatic rings. The molecule has 1 aliphatic heterocycles. The van der Waals surface area contributed by atoms with Gasteiger partial charge in [-0.1, -0.05) is 19.1 Å². The van der Waals surface area contributed by atoms with E-state index in [1.54, 1.807) is 4.57 Å². The van der Waals surface area contributed by atoms with Gasteiger partial charge in [0.15, 0.2) is 0 Å². The highest BCUT2D eigenvalue weighted by Gasteiger charge is 2.21. The first-order chi connectivity index (χ1) is 12.7. The number of rotatable bonds is 4. The quantitative estimate of drug-likeness (QED) is 0.719. The van der Waals surface area contributed by atoms with Crippen molar-refractivity contribution in [3.63, 3.8) is 0 Å². The van der Waals surface area contributed by atoms with Crippen molar-refractivity contribution in [1.29, 1.82) is 0 Å². The van der Waals surface area contributed by atoms with Crippen LogP contribution in [0.4, 0.5) is 0 Å². The second-order valence-corrected chi connectivity index (χ2v) is 6.85. The fraction of sp³-hybridized carbons (Fsp3) is 0.474. The van der Waals surface area contributed by atoms with E-state index in [1.807, 2.05) is 33.6 Å². The van der Waals surface area contributed by atoms with E-state index in [1.165, 1.54) is 6.42 Å². The maximum atomic E-state index is 13.0. The Hall–Kier alpha value is -2.70. The molecule has 136 valence electrons. The number of piperidine rings is 1. The Morgan fingerprint density at radius 2 is 1.81 bits per heavy atom. The van der Waals surface area contributed by atoms with Crippen molar-refractivity contribution >= 4 is 22.6 Å². The van der Waals surface area contributed by atoms with Crippen LogP contribution in [0.15, 0.2) is 29.1 Å². The van der Waals surface area contributed by atoms with E-state index in [0.29, 0.717) is 5.65 Å². The first-order valence-corrected chi connectivity index (χ1v) is 9.34. The molecule has 1 saturated heterocycles. The number of likely N-dealkylation sites (tertiary alicyclic amines) is 1. The third-order valence-electron chi connectivity index (χ3n) is 5.06. The van der Waals surface area contributed by atoms with Crippen LogP contribution in [0.2, 0.25) is 0 Å². The van der Waals surface area contributed by atoms with Gasteiger partial charge in [0.25, 0.3) is 5.56 Å². The predicted molar refractivity (Wildman–Crippen MR) is 99.2 cm³/mol. The first kappa shape index (κ1) is 16.8. The molecular formula is C19H23N5O2. The lowest BCUT2D eigenvalue weighted by molar-refractivity contribution is -0.132. The van der Waals surface area contributed by atoms with Crippen molar-refractivity contribution in [2.75, 3.05) is 13.1 Å². The largest absolute Gasteiger partial charge is 0.341 e. The van der Waals surface area contributed by atoms with Gasteiger partial charge in [0, 0.05) is 19.5 Å². The number of amides is 1. The summed E-state index contributed by atoms with van der Waals surface area (Å²) < 4.78 is 3.38. The van der Waals surface area contributed by atoms with Crippen LogP contribution in [0.25, 0.3) is 16.7 Å². The maximum Gasteiger partial charge on any atom is 0.297 e. The van der Waals surface area contributed by atoms with E-state index in [0.717, 1.165) is 55.6 Å². The summed E-state index contributed by atoms with van der Waals surface area (Å²) in [4.78, 5) is 27.6. The van der Waals surface area contributed by atoms with Crippen LogP contribution in [-0.4, -0.2) is 43.1 Å². The molecule has 7 nitrogen and oxygen atoms in total. The van der Waals surface area contributed by atoms with Gasteiger partial charge in [-0.2, -0.15) is 0 Å². The molecule has 4 rings (SSSR count). The van der Waals surface area contributed by atoms with Crippen LogP contribution in [-0.2, 0) is 17.8 Å². The number of para-hydroxylation sites is 2. The van der Waals surface area contributed by atoms with Gasteiger partial charge in [-0.15, -0.1) is 10.2 Å². The number of hydrogen-bond donors (Lipinski definition) is 0. The SMILES string of the molecule is CCCc1nnc2c(=O)n(CC(=O)N3CCCCC3)c3ccccc3n12. The van der Waals surface area contributed by atoms with Crippen molar-refractivity contribution in [3.05, 3.63) is 40.4 Å². The molecule has 0 N–H and O–H groups in total. The van der Waals surface area contributed by atoms with Gasteiger partial charge in [-0.05, 0) is 37.8 Å². The molecule has 0 aliphatic carbocycles. The summed E-state index contributed by atoms with van der Waals surface area (Å²) in [6.07, 6.45) is 4.90. The van der Waals surface area contributed by atoms with Gasteiger partial charge in [-0.3, -0.25) is 18.6 Å². The monoisotopic (exact) mass is 353 g/mol. The van der Waals surface area contributed by atoms with Crippen LogP contribution in [0.1, 0.15) is 38.4 Å². The van der Waals surface area contributed by atoms with E-state index in [2.05, 4.69) is 17.1 Å². The standard InChI is InChI=1S/C19H23N5O2/c1-2-8-16-20-21-18-19(26)23(13-17(25)22-11-6-3-7-12-22)14-9-4-5-10-15(14)24(16)18/h4-5,9-10H,2-3,6-8,11-13H2,1H3. The third kappa shape index (κ3) is 2.77. The Balaban J connectivity index is 1.85. The zero-order valence-electron chi connectivity index (χ0n) is 15.0. The molecule has 0 atom stereocenters. The predicted octanol–water partition coefficient (Wildman–Crippen LogP) is 2.01. The van der Waals surface area contributed by atoms with Gasteiger partial charge in [0.2, 0.25) is 11.6 Å². The highest BCUT2D eigenvalue weighted by atomic mass is 16.2. The minimum Gasteiger partial charge on any atom is -0.341 e. The number of aryl methyl sites for hydroxylation is 1. The zero-order chi connectivity index (χ0) is 18.1.